The van der Waals surface area contributed by atoms with Gasteiger partial charge >= 0.3 is 0 Å². The van der Waals surface area contributed by atoms with Crippen molar-refractivity contribution in [2.75, 3.05) is 0 Å². The highest BCUT2D eigenvalue weighted by molar-refractivity contribution is 7.19. The molecule has 58 valence electrons. The summed E-state index contributed by atoms with van der Waals surface area (Å²) in [6.45, 7) is 0. The van der Waals surface area contributed by atoms with E-state index in [4.69, 9.17) is 6.42 Å². The van der Waals surface area contributed by atoms with Crippen LogP contribution in [0.5, 0.6) is 0 Å². The summed E-state index contributed by atoms with van der Waals surface area (Å²) in [6, 6.07) is 4.44. The molecule has 1 aromatic heterocycles. The molecule has 0 spiro atoms. The van der Waals surface area contributed by atoms with Gasteiger partial charge in [-0.25, -0.2) is 9.37 Å². The van der Waals surface area contributed by atoms with Crippen molar-refractivity contribution >= 4 is 21.6 Å². The summed E-state index contributed by atoms with van der Waals surface area (Å²) in [7, 11) is 0. The molecule has 1 heterocycles. The van der Waals surface area contributed by atoms with Crippen molar-refractivity contribution < 1.29 is 4.39 Å². The van der Waals surface area contributed by atoms with Gasteiger partial charge in [-0.3, -0.25) is 0 Å². The molecule has 0 saturated heterocycles. The normalized spacial score (nSPS) is 10.0. The summed E-state index contributed by atoms with van der Waals surface area (Å²) in [5.74, 6) is 2.17. The molecule has 0 bridgehead atoms. The van der Waals surface area contributed by atoms with Gasteiger partial charge in [0.15, 0.2) is 5.01 Å². The molecule has 2 aromatic rings. The molecule has 12 heavy (non-hydrogen) atoms. The van der Waals surface area contributed by atoms with Crippen molar-refractivity contribution in [1.29, 1.82) is 0 Å². The molecular formula is C9H4FNS. The van der Waals surface area contributed by atoms with Gasteiger partial charge in [-0.05, 0) is 24.1 Å². The van der Waals surface area contributed by atoms with Crippen LogP contribution in [0.25, 0.3) is 10.2 Å². The zero-order chi connectivity index (χ0) is 8.55. The van der Waals surface area contributed by atoms with Crippen LogP contribution in [0.4, 0.5) is 4.39 Å². The SMILES string of the molecule is C#Cc1nc2ccc(F)cc2s1. The molecule has 0 saturated carbocycles. The van der Waals surface area contributed by atoms with E-state index in [0.29, 0.717) is 5.01 Å². The van der Waals surface area contributed by atoms with Gasteiger partial charge in [-0.2, -0.15) is 0 Å². The Morgan fingerprint density at radius 1 is 1.50 bits per heavy atom. The molecule has 2 rings (SSSR count). The molecule has 0 fully saturated rings. The van der Waals surface area contributed by atoms with E-state index in [9.17, 15) is 4.39 Å². The van der Waals surface area contributed by atoms with E-state index in [0.717, 1.165) is 10.2 Å². The summed E-state index contributed by atoms with van der Waals surface area (Å²) in [6.07, 6.45) is 5.16. The Labute approximate surface area is 72.9 Å². The van der Waals surface area contributed by atoms with E-state index in [-0.39, 0.29) is 5.82 Å². The van der Waals surface area contributed by atoms with Crippen LogP contribution < -0.4 is 0 Å². The second-order valence-electron chi connectivity index (χ2n) is 2.28. The lowest BCUT2D eigenvalue weighted by Gasteiger charge is -1.85. The maximum Gasteiger partial charge on any atom is 0.167 e. The maximum atomic E-state index is 12.7. The molecule has 3 heteroatoms. The average Bonchev–Trinajstić information content (AvgIpc) is 2.46. The number of hydrogen-bond donors (Lipinski definition) is 0. The zero-order valence-corrected chi connectivity index (χ0v) is 6.86. The molecular weight excluding hydrogens is 173 g/mol. The largest absolute Gasteiger partial charge is 0.228 e. The van der Waals surface area contributed by atoms with Gasteiger partial charge in [0.25, 0.3) is 0 Å². The number of hydrogen-bond acceptors (Lipinski definition) is 2. The highest BCUT2D eigenvalue weighted by atomic mass is 32.1. The first-order chi connectivity index (χ1) is 5.79. The van der Waals surface area contributed by atoms with Crippen LogP contribution in [0, 0.1) is 18.2 Å². The fourth-order valence-electron chi connectivity index (χ4n) is 0.960. The predicted octanol–water partition coefficient (Wildman–Crippen LogP) is 2.42. The van der Waals surface area contributed by atoms with E-state index >= 15 is 0 Å². The third kappa shape index (κ3) is 1.06. The summed E-state index contributed by atoms with van der Waals surface area (Å²) in [5, 5.41) is 0.593. The van der Waals surface area contributed by atoms with Crippen LogP contribution in [-0.4, -0.2) is 4.98 Å². The minimum atomic E-state index is -0.255. The monoisotopic (exact) mass is 177 g/mol. The van der Waals surface area contributed by atoms with Crippen LogP contribution in [-0.2, 0) is 0 Å². The number of terminal acetylenes is 1. The van der Waals surface area contributed by atoms with Gasteiger partial charge in [0.2, 0.25) is 0 Å². The van der Waals surface area contributed by atoms with Crippen molar-refractivity contribution in [3.8, 4) is 12.3 Å². The number of aromatic nitrogens is 1. The number of halogens is 1. The van der Waals surface area contributed by atoms with E-state index in [1.165, 1.54) is 23.5 Å². The molecule has 0 aliphatic rings. The lowest BCUT2D eigenvalue weighted by Crippen LogP contribution is -1.71. The van der Waals surface area contributed by atoms with E-state index in [1.807, 2.05) is 0 Å². The number of fused-ring (bicyclic) bond motifs is 1. The number of benzene rings is 1. The van der Waals surface area contributed by atoms with Crippen LogP contribution in [0.1, 0.15) is 5.01 Å². The fraction of sp³-hybridized carbons (Fsp3) is 0. The van der Waals surface area contributed by atoms with Gasteiger partial charge in [-0.1, -0.05) is 0 Å². The number of nitrogens with zero attached hydrogens (tertiary/aromatic N) is 1. The topological polar surface area (TPSA) is 12.9 Å². The third-order valence-electron chi connectivity index (χ3n) is 1.47. The third-order valence-corrected chi connectivity index (χ3v) is 2.42. The summed E-state index contributed by atoms with van der Waals surface area (Å²) in [5.41, 5.74) is 0.759. The van der Waals surface area contributed by atoms with E-state index in [1.54, 1.807) is 6.07 Å². The second kappa shape index (κ2) is 2.58. The lowest BCUT2D eigenvalue weighted by molar-refractivity contribution is 0.630. The van der Waals surface area contributed by atoms with Crippen molar-refractivity contribution in [1.82, 2.24) is 4.98 Å². The Kier molecular flexibility index (Phi) is 1.56. The zero-order valence-electron chi connectivity index (χ0n) is 6.04. The second-order valence-corrected chi connectivity index (χ2v) is 3.31. The molecule has 1 aromatic carbocycles. The van der Waals surface area contributed by atoms with Crippen molar-refractivity contribution in [2.24, 2.45) is 0 Å². The first-order valence-corrected chi connectivity index (χ1v) is 4.14. The Hall–Kier alpha value is -1.40. The van der Waals surface area contributed by atoms with Gasteiger partial charge in [0.05, 0.1) is 10.2 Å². The van der Waals surface area contributed by atoms with E-state index in [2.05, 4.69) is 10.9 Å². The minimum absolute atomic E-state index is 0.255. The summed E-state index contributed by atoms with van der Waals surface area (Å²) >= 11 is 1.32. The summed E-state index contributed by atoms with van der Waals surface area (Å²) in [4.78, 5) is 4.09. The first kappa shape index (κ1) is 7.26. The smallest absolute Gasteiger partial charge is 0.167 e. The highest BCUT2D eigenvalue weighted by Crippen LogP contribution is 2.21. The van der Waals surface area contributed by atoms with Crippen molar-refractivity contribution in [3.63, 3.8) is 0 Å². The van der Waals surface area contributed by atoms with Crippen molar-refractivity contribution in [3.05, 3.63) is 29.0 Å². The average molecular weight is 177 g/mol. The number of rotatable bonds is 0. The molecule has 0 unspecified atom stereocenters. The molecule has 0 aliphatic carbocycles. The Morgan fingerprint density at radius 3 is 3.08 bits per heavy atom. The summed E-state index contributed by atoms with van der Waals surface area (Å²) < 4.78 is 13.5. The van der Waals surface area contributed by atoms with Gasteiger partial charge in [0, 0.05) is 0 Å². The van der Waals surface area contributed by atoms with Gasteiger partial charge in [-0.15, -0.1) is 17.8 Å². The van der Waals surface area contributed by atoms with Crippen LogP contribution >= 0.6 is 11.3 Å². The van der Waals surface area contributed by atoms with Crippen LogP contribution in [0.2, 0.25) is 0 Å². The number of thiazole rings is 1. The van der Waals surface area contributed by atoms with Crippen molar-refractivity contribution in [2.45, 2.75) is 0 Å². The van der Waals surface area contributed by atoms with Crippen LogP contribution in [0.3, 0.4) is 0 Å². The standard InChI is InChI=1S/C9H4FNS/c1-2-9-11-7-4-3-6(10)5-8(7)12-9/h1,3-5H. The molecule has 0 radical (unpaired) electrons. The first-order valence-electron chi connectivity index (χ1n) is 3.32. The minimum Gasteiger partial charge on any atom is -0.228 e. The van der Waals surface area contributed by atoms with Gasteiger partial charge in [0.1, 0.15) is 5.82 Å². The fourth-order valence-corrected chi connectivity index (χ4v) is 1.76. The molecule has 1 nitrogen and oxygen atoms in total. The molecule has 0 atom stereocenters. The predicted molar refractivity (Wildman–Crippen MR) is 47.5 cm³/mol. The Bertz CT molecular complexity index is 467. The maximum absolute atomic E-state index is 12.7. The molecule has 0 N–H and O–H groups in total. The lowest BCUT2D eigenvalue weighted by atomic mass is 10.3. The van der Waals surface area contributed by atoms with Gasteiger partial charge < -0.3 is 0 Å². The Morgan fingerprint density at radius 2 is 2.33 bits per heavy atom. The Balaban J connectivity index is 2.77. The van der Waals surface area contributed by atoms with Crippen LogP contribution in [0.15, 0.2) is 18.2 Å². The quantitative estimate of drug-likeness (QED) is 0.563. The highest BCUT2D eigenvalue weighted by Gasteiger charge is 2.01. The molecule has 0 amide bonds. The molecule has 0 aliphatic heterocycles. The van der Waals surface area contributed by atoms with E-state index < -0.39 is 0 Å².